The number of fused-ring (bicyclic) bond motifs is 1. The van der Waals surface area contributed by atoms with Crippen LogP contribution in [-0.4, -0.2) is 37.6 Å². The lowest BCUT2D eigenvalue weighted by Gasteiger charge is -2.36. The molecule has 9 heteroatoms. The monoisotopic (exact) mass is 494 g/mol. The first-order valence-electron chi connectivity index (χ1n) is 11.4. The fourth-order valence-electron chi connectivity index (χ4n) is 4.83. The molecular weight excluding hydrogens is 468 g/mol. The van der Waals surface area contributed by atoms with Crippen LogP contribution in [0.5, 0.6) is 0 Å². The minimum atomic E-state index is -0.230. The van der Waals surface area contributed by atoms with Gasteiger partial charge in [0.1, 0.15) is 21.5 Å². The zero-order chi connectivity index (χ0) is 24.0. The molecule has 0 N–H and O–H groups in total. The van der Waals surface area contributed by atoms with Crippen LogP contribution in [0, 0.1) is 18.8 Å². The predicted molar refractivity (Wildman–Crippen MR) is 139 cm³/mol. The summed E-state index contributed by atoms with van der Waals surface area (Å²) in [5, 5.41) is 0. The van der Waals surface area contributed by atoms with Crippen LogP contribution in [0.4, 0.5) is 5.82 Å². The molecule has 0 spiro atoms. The van der Waals surface area contributed by atoms with Crippen molar-refractivity contribution >= 4 is 51.7 Å². The number of pyridine rings is 1. The van der Waals surface area contributed by atoms with E-state index in [9.17, 15) is 9.59 Å². The van der Waals surface area contributed by atoms with E-state index in [1.165, 1.54) is 16.7 Å². The molecule has 3 aromatic rings. The van der Waals surface area contributed by atoms with Gasteiger partial charge < -0.3 is 9.32 Å². The molecule has 7 nitrogen and oxygen atoms in total. The second-order valence-electron chi connectivity index (χ2n) is 9.24. The standard InChI is InChI=1S/C25H26N4O3S2/c1-15-10-16(2)13-27(12-15)22-19(23(30)28-8-4-6-17(3)21(28)26-22)11-20-24(31)29(25(33)34-20)14-18-7-5-9-32-18/h4-9,11,15-16H,10,12-14H2,1-3H3/b20-11+/t15-,16-/m1/s1. The summed E-state index contributed by atoms with van der Waals surface area (Å²) in [5.74, 6) is 2.03. The normalized spacial score (nSPS) is 22.4. The maximum atomic E-state index is 13.7. The summed E-state index contributed by atoms with van der Waals surface area (Å²) in [6.45, 7) is 8.30. The van der Waals surface area contributed by atoms with Gasteiger partial charge in [0.05, 0.1) is 23.3 Å². The number of furan rings is 1. The highest BCUT2D eigenvalue weighted by atomic mass is 32.2. The van der Waals surface area contributed by atoms with Crippen molar-refractivity contribution in [2.45, 2.75) is 33.7 Å². The molecule has 0 unspecified atom stereocenters. The Balaban J connectivity index is 1.61. The van der Waals surface area contributed by atoms with Gasteiger partial charge in [0.2, 0.25) is 0 Å². The largest absolute Gasteiger partial charge is 0.467 e. The molecule has 0 saturated carbocycles. The Morgan fingerprint density at radius 1 is 1.21 bits per heavy atom. The van der Waals surface area contributed by atoms with Gasteiger partial charge in [-0.2, -0.15) is 0 Å². The Morgan fingerprint density at radius 2 is 1.97 bits per heavy atom. The van der Waals surface area contributed by atoms with Gasteiger partial charge in [0.15, 0.2) is 0 Å². The van der Waals surface area contributed by atoms with Crippen molar-refractivity contribution in [1.29, 1.82) is 0 Å². The Labute approximate surface area is 207 Å². The van der Waals surface area contributed by atoms with Crippen LogP contribution in [0.1, 0.15) is 37.2 Å². The van der Waals surface area contributed by atoms with Gasteiger partial charge in [-0.1, -0.05) is 43.9 Å². The van der Waals surface area contributed by atoms with E-state index in [1.54, 1.807) is 35.1 Å². The number of aryl methyl sites for hydroxylation is 1. The molecule has 2 fully saturated rings. The van der Waals surface area contributed by atoms with Crippen molar-refractivity contribution in [3.8, 4) is 0 Å². The molecule has 5 heterocycles. The molecule has 2 aliphatic heterocycles. The average molecular weight is 495 g/mol. The highest BCUT2D eigenvalue weighted by Gasteiger charge is 2.34. The number of nitrogens with zero attached hydrogens (tertiary/aromatic N) is 4. The number of amides is 1. The predicted octanol–water partition coefficient (Wildman–Crippen LogP) is 4.48. The van der Waals surface area contributed by atoms with Crippen molar-refractivity contribution in [3.63, 3.8) is 0 Å². The van der Waals surface area contributed by atoms with Crippen molar-refractivity contribution in [2.75, 3.05) is 18.0 Å². The summed E-state index contributed by atoms with van der Waals surface area (Å²) in [6.07, 6.45) is 6.11. The number of carbonyl (C=O) groups excluding carboxylic acids is 1. The quantitative estimate of drug-likeness (QED) is 0.391. The van der Waals surface area contributed by atoms with Gasteiger partial charge in [-0.25, -0.2) is 4.98 Å². The highest BCUT2D eigenvalue weighted by Crippen LogP contribution is 2.35. The van der Waals surface area contributed by atoms with Crippen molar-refractivity contribution in [2.24, 2.45) is 11.8 Å². The number of rotatable bonds is 4. The molecule has 0 radical (unpaired) electrons. The number of aromatic nitrogens is 2. The lowest BCUT2D eigenvalue weighted by molar-refractivity contribution is -0.122. The summed E-state index contributed by atoms with van der Waals surface area (Å²) in [6, 6.07) is 7.37. The molecule has 0 bridgehead atoms. The third-order valence-corrected chi connectivity index (χ3v) is 7.65. The van der Waals surface area contributed by atoms with Gasteiger partial charge in [-0.05, 0) is 55.0 Å². The molecule has 5 rings (SSSR count). The third-order valence-electron chi connectivity index (χ3n) is 6.28. The zero-order valence-corrected chi connectivity index (χ0v) is 21.0. The summed E-state index contributed by atoms with van der Waals surface area (Å²) < 4.78 is 7.39. The molecule has 34 heavy (non-hydrogen) atoms. The number of hydrogen-bond donors (Lipinski definition) is 0. The smallest absolute Gasteiger partial charge is 0.267 e. The fourth-order valence-corrected chi connectivity index (χ4v) is 6.07. The molecule has 0 aromatic carbocycles. The maximum absolute atomic E-state index is 13.7. The van der Waals surface area contributed by atoms with Crippen molar-refractivity contribution < 1.29 is 9.21 Å². The lowest BCUT2D eigenvalue weighted by atomic mass is 9.91. The van der Waals surface area contributed by atoms with Crippen LogP contribution in [0.2, 0.25) is 0 Å². The Hall–Kier alpha value is -2.91. The Morgan fingerprint density at radius 3 is 2.68 bits per heavy atom. The number of thioether (sulfide) groups is 1. The fraction of sp³-hybridized carbons (Fsp3) is 0.360. The van der Waals surface area contributed by atoms with Crippen LogP contribution in [0.15, 0.2) is 50.8 Å². The summed E-state index contributed by atoms with van der Waals surface area (Å²) in [7, 11) is 0. The van der Waals surface area contributed by atoms with E-state index in [1.807, 2.05) is 19.1 Å². The zero-order valence-electron chi connectivity index (χ0n) is 19.4. The molecule has 1 amide bonds. The van der Waals surface area contributed by atoms with E-state index in [2.05, 4.69) is 18.7 Å². The number of anilines is 1. The van der Waals surface area contributed by atoms with Crippen LogP contribution >= 0.6 is 24.0 Å². The summed E-state index contributed by atoms with van der Waals surface area (Å²) in [5.41, 5.74) is 1.79. The first-order valence-corrected chi connectivity index (χ1v) is 12.6. The highest BCUT2D eigenvalue weighted by molar-refractivity contribution is 8.26. The van der Waals surface area contributed by atoms with Crippen LogP contribution < -0.4 is 10.5 Å². The first-order chi connectivity index (χ1) is 16.3. The average Bonchev–Trinajstić information content (AvgIpc) is 3.39. The van der Waals surface area contributed by atoms with Gasteiger partial charge >= 0.3 is 0 Å². The van der Waals surface area contributed by atoms with E-state index < -0.39 is 0 Å². The summed E-state index contributed by atoms with van der Waals surface area (Å²) >= 11 is 6.68. The molecule has 176 valence electrons. The van der Waals surface area contributed by atoms with Gasteiger partial charge in [0.25, 0.3) is 11.5 Å². The van der Waals surface area contributed by atoms with Crippen molar-refractivity contribution in [1.82, 2.24) is 14.3 Å². The number of carbonyl (C=O) groups is 1. The van der Waals surface area contributed by atoms with Gasteiger partial charge in [-0.3, -0.25) is 18.9 Å². The molecule has 0 aliphatic carbocycles. The molecule has 2 saturated heterocycles. The van der Waals surface area contributed by atoms with Gasteiger partial charge in [0, 0.05) is 19.3 Å². The van der Waals surface area contributed by atoms with Crippen LogP contribution in [-0.2, 0) is 11.3 Å². The lowest BCUT2D eigenvalue weighted by Crippen LogP contribution is -2.40. The third kappa shape index (κ3) is 4.18. The van der Waals surface area contributed by atoms with Gasteiger partial charge in [-0.15, -0.1) is 0 Å². The maximum Gasteiger partial charge on any atom is 0.267 e. The Kier molecular flexibility index (Phi) is 6.07. The van der Waals surface area contributed by atoms with Crippen LogP contribution in [0.3, 0.4) is 0 Å². The van der Waals surface area contributed by atoms with E-state index in [4.69, 9.17) is 21.6 Å². The van der Waals surface area contributed by atoms with E-state index in [0.29, 0.717) is 43.9 Å². The van der Waals surface area contributed by atoms with E-state index in [0.717, 1.165) is 25.1 Å². The Bertz CT molecular complexity index is 1350. The molecule has 2 aliphatic rings. The summed E-state index contributed by atoms with van der Waals surface area (Å²) in [4.78, 5) is 36.0. The minimum absolute atomic E-state index is 0.189. The number of thiocarbonyl (C=S) groups is 1. The van der Waals surface area contributed by atoms with Crippen molar-refractivity contribution in [3.05, 3.63) is 68.9 Å². The van der Waals surface area contributed by atoms with E-state index >= 15 is 0 Å². The second kappa shape index (κ2) is 9.03. The number of piperidine rings is 1. The SMILES string of the molecule is Cc1cccn2c(=O)c(/C=C3/SC(=S)N(Cc4ccco4)C3=O)c(N3C[C@H](C)C[C@@H](C)C3)nc12. The molecule has 3 aromatic heterocycles. The molecule has 2 atom stereocenters. The molecular formula is C25H26N4O3S2. The van der Waals surface area contributed by atoms with Crippen LogP contribution in [0.25, 0.3) is 11.7 Å². The number of hydrogen-bond acceptors (Lipinski definition) is 7. The van der Waals surface area contributed by atoms with E-state index in [-0.39, 0.29) is 18.0 Å². The first kappa shape index (κ1) is 22.9. The topological polar surface area (TPSA) is 71.1 Å². The minimum Gasteiger partial charge on any atom is -0.467 e. The second-order valence-corrected chi connectivity index (χ2v) is 10.9.